The van der Waals surface area contributed by atoms with Crippen molar-refractivity contribution in [3.63, 3.8) is 0 Å². The van der Waals surface area contributed by atoms with Crippen LogP contribution in [0.1, 0.15) is 43.4 Å². The fraction of sp³-hybridized carbons (Fsp3) is 0.320. The number of amides is 1. The minimum Gasteiger partial charge on any atom is -0.496 e. The molecule has 0 radical (unpaired) electrons. The summed E-state index contributed by atoms with van der Waals surface area (Å²) in [4.78, 5) is 31.4. The van der Waals surface area contributed by atoms with E-state index in [0.29, 0.717) is 34.1 Å². The predicted octanol–water partition coefficient (Wildman–Crippen LogP) is 3.49. The molecule has 2 aromatic carbocycles. The summed E-state index contributed by atoms with van der Waals surface area (Å²) in [7, 11) is -1.08. The zero-order chi connectivity index (χ0) is 28.0. The van der Waals surface area contributed by atoms with Gasteiger partial charge in [0.1, 0.15) is 39.6 Å². The highest BCUT2D eigenvalue weighted by Gasteiger charge is 2.23. The smallest absolute Gasteiger partial charge is 0.254 e. The number of benzene rings is 2. The van der Waals surface area contributed by atoms with Gasteiger partial charge in [0, 0.05) is 29.1 Å². The van der Waals surface area contributed by atoms with Crippen molar-refractivity contribution in [1.82, 2.24) is 9.88 Å². The molecule has 13 heteroatoms. The lowest BCUT2D eigenvalue weighted by molar-refractivity contribution is 0.0740. The third-order valence-electron chi connectivity index (χ3n) is 5.67. The summed E-state index contributed by atoms with van der Waals surface area (Å²) in [6, 6.07) is 6.49. The van der Waals surface area contributed by atoms with Gasteiger partial charge in [-0.3, -0.25) is 9.59 Å². The van der Waals surface area contributed by atoms with Crippen LogP contribution in [0.25, 0.3) is 0 Å². The Morgan fingerprint density at radius 1 is 1.11 bits per heavy atom. The maximum atomic E-state index is 14.1. The number of nitrogens with zero attached hydrogens (tertiary/aromatic N) is 2. The van der Waals surface area contributed by atoms with Crippen molar-refractivity contribution in [2.75, 3.05) is 26.5 Å². The van der Waals surface area contributed by atoms with Crippen molar-refractivity contribution in [3.05, 3.63) is 74.7 Å². The molecular weight excluding hydrogens is 540 g/mol. The number of halogens is 2. The molecule has 3 rings (SSSR count). The molecule has 9 nitrogen and oxygen atoms in total. The van der Waals surface area contributed by atoms with E-state index in [9.17, 15) is 26.8 Å². The van der Waals surface area contributed by atoms with Crippen LogP contribution in [0, 0.1) is 18.6 Å². The first-order valence-corrected chi connectivity index (χ1v) is 13.9. The molecule has 0 fully saturated rings. The van der Waals surface area contributed by atoms with Gasteiger partial charge in [0.25, 0.3) is 5.91 Å². The highest BCUT2D eigenvalue weighted by atomic mass is 32.2. The quantitative estimate of drug-likeness (QED) is 0.332. The molecule has 0 aliphatic rings. The fourth-order valence-corrected chi connectivity index (χ4v) is 5.09. The van der Waals surface area contributed by atoms with Crippen LogP contribution in [0.4, 0.5) is 8.78 Å². The highest BCUT2D eigenvalue weighted by Crippen LogP contribution is 2.30. The van der Waals surface area contributed by atoms with Crippen LogP contribution in [0.5, 0.6) is 11.5 Å². The van der Waals surface area contributed by atoms with E-state index in [4.69, 9.17) is 14.6 Å². The predicted molar refractivity (Wildman–Crippen MR) is 138 cm³/mol. The Balaban J connectivity index is 1.86. The van der Waals surface area contributed by atoms with Crippen LogP contribution in [0.3, 0.4) is 0 Å². The van der Waals surface area contributed by atoms with E-state index < -0.39 is 39.1 Å². The maximum Gasteiger partial charge on any atom is 0.254 e. The van der Waals surface area contributed by atoms with Crippen molar-refractivity contribution in [1.29, 1.82) is 0 Å². The Morgan fingerprint density at radius 3 is 2.34 bits per heavy atom. The number of ether oxygens (including phenoxy) is 2. The topological polar surface area (TPSA) is 129 Å². The maximum absolute atomic E-state index is 14.1. The minimum atomic E-state index is -4.02. The molecule has 204 valence electrons. The van der Waals surface area contributed by atoms with Crippen LogP contribution in [0.2, 0.25) is 0 Å². The molecule has 0 aliphatic carbocycles. The Kier molecular flexibility index (Phi) is 9.52. The second kappa shape index (κ2) is 12.4. The van der Waals surface area contributed by atoms with Crippen LogP contribution in [-0.2, 0) is 23.0 Å². The second-order valence-electron chi connectivity index (χ2n) is 8.43. The van der Waals surface area contributed by atoms with Gasteiger partial charge < -0.3 is 14.4 Å². The number of methoxy groups -OCH3 is 2. The van der Waals surface area contributed by atoms with Crippen molar-refractivity contribution >= 4 is 33.1 Å². The zero-order valence-corrected chi connectivity index (χ0v) is 22.6. The Bertz CT molecular complexity index is 1420. The molecule has 1 heterocycles. The normalized spacial score (nSPS) is 11.3. The number of Topliss-reactive ketones (excluding diaryl/α,β-unsaturated/α-hetero) is 1. The number of hydrogen-bond acceptors (Lipinski definition) is 8. The second-order valence-corrected chi connectivity index (χ2v) is 11.0. The molecule has 0 spiro atoms. The Hall–Kier alpha value is -3.42. The molecule has 0 unspecified atom stereocenters. The lowest BCUT2D eigenvalue weighted by Gasteiger charge is -2.23. The van der Waals surface area contributed by atoms with Gasteiger partial charge in [0.05, 0.1) is 20.8 Å². The number of thiazole rings is 1. The third-order valence-corrected chi connectivity index (χ3v) is 7.17. The summed E-state index contributed by atoms with van der Waals surface area (Å²) in [6.07, 6.45) is 0.587. The lowest BCUT2D eigenvalue weighted by Crippen LogP contribution is -2.32. The molecule has 0 saturated heterocycles. The molecule has 0 saturated carbocycles. The summed E-state index contributed by atoms with van der Waals surface area (Å²) in [5.41, 5.74) is 1.23. The number of sulfonamides is 1. The molecule has 0 bridgehead atoms. The summed E-state index contributed by atoms with van der Waals surface area (Å²) < 4.78 is 60.6. The van der Waals surface area contributed by atoms with E-state index in [0.717, 1.165) is 17.4 Å². The van der Waals surface area contributed by atoms with Gasteiger partial charge in [-0.15, -0.1) is 11.3 Å². The zero-order valence-electron chi connectivity index (χ0n) is 21.0. The summed E-state index contributed by atoms with van der Waals surface area (Å²) >= 11 is 1.08. The number of hydrogen-bond donors (Lipinski definition) is 1. The minimum absolute atomic E-state index is 0.00341. The van der Waals surface area contributed by atoms with Crippen molar-refractivity contribution in [2.24, 2.45) is 5.14 Å². The van der Waals surface area contributed by atoms with E-state index in [-0.39, 0.29) is 30.8 Å². The average molecular weight is 568 g/mol. The van der Waals surface area contributed by atoms with Crippen LogP contribution >= 0.6 is 11.3 Å². The first-order chi connectivity index (χ1) is 17.9. The number of nitrogens with two attached hydrogens (primary N) is 1. The van der Waals surface area contributed by atoms with Gasteiger partial charge in [0.2, 0.25) is 10.0 Å². The average Bonchev–Trinajstić information content (AvgIpc) is 3.32. The highest BCUT2D eigenvalue weighted by molar-refractivity contribution is 7.89. The molecule has 0 atom stereocenters. The molecule has 3 aromatic rings. The van der Waals surface area contributed by atoms with Gasteiger partial charge >= 0.3 is 0 Å². The number of aromatic nitrogens is 1. The largest absolute Gasteiger partial charge is 0.496 e. The summed E-state index contributed by atoms with van der Waals surface area (Å²) in [5.74, 6) is -2.49. The van der Waals surface area contributed by atoms with E-state index in [1.165, 1.54) is 36.6 Å². The van der Waals surface area contributed by atoms with Crippen LogP contribution in [-0.4, -0.2) is 56.5 Å². The molecule has 2 N–H and O–H groups in total. The number of carbonyl (C=O) groups is 2. The third kappa shape index (κ3) is 7.55. The van der Waals surface area contributed by atoms with E-state index in [1.54, 1.807) is 19.1 Å². The van der Waals surface area contributed by atoms with E-state index >= 15 is 0 Å². The number of carbonyl (C=O) groups excluding carboxylic acids is 2. The van der Waals surface area contributed by atoms with Gasteiger partial charge in [-0.2, -0.15) is 0 Å². The lowest BCUT2D eigenvalue weighted by atomic mass is 10.1. The summed E-state index contributed by atoms with van der Waals surface area (Å²) in [6.45, 7) is 1.96. The van der Waals surface area contributed by atoms with Crippen molar-refractivity contribution in [3.8, 4) is 11.5 Å². The standard InChI is InChI=1S/C25H27F2N3O6S2/c1-15-22(35-2)9-17(10-23(15)36-3)25(32)30(8-4-5-16-6-7-18(26)11-19(16)27)12-24-29-20(13-37-24)21(31)14-38(28,33)34/h6-7,9-11,13H,4-5,8,12,14H2,1-3H3,(H2,28,33,34). The molecule has 38 heavy (non-hydrogen) atoms. The molecule has 1 amide bonds. The first-order valence-electron chi connectivity index (χ1n) is 11.4. The van der Waals surface area contributed by atoms with Crippen LogP contribution in [0.15, 0.2) is 35.7 Å². The number of rotatable bonds is 12. The molecule has 0 aliphatic heterocycles. The Labute approximate surface area is 223 Å². The van der Waals surface area contributed by atoms with Gasteiger partial charge in [0.15, 0.2) is 5.78 Å². The SMILES string of the molecule is COc1cc(C(=O)N(CCCc2ccc(F)cc2F)Cc2nc(C(=O)CS(N)(=O)=O)cs2)cc(OC)c1C. The fourth-order valence-electron chi connectivity index (χ4n) is 3.76. The van der Waals surface area contributed by atoms with Crippen molar-refractivity contribution < 1.29 is 36.3 Å². The first kappa shape index (κ1) is 29.1. The monoisotopic (exact) mass is 567 g/mol. The van der Waals surface area contributed by atoms with Gasteiger partial charge in [-0.25, -0.2) is 27.3 Å². The van der Waals surface area contributed by atoms with E-state index in [2.05, 4.69) is 4.98 Å². The van der Waals surface area contributed by atoms with Crippen LogP contribution < -0.4 is 14.6 Å². The molecule has 1 aromatic heterocycles. The Morgan fingerprint density at radius 2 is 1.76 bits per heavy atom. The number of ketones is 1. The summed E-state index contributed by atoms with van der Waals surface area (Å²) in [5, 5.41) is 6.74. The van der Waals surface area contributed by atoms with E-state index in [1.807, 2.05) is 0 Å². The van der Waals surface area contributed by atoms with Crippen molar-refractivity contribution in [2.45, 2.75) is 26.3 Å². The number of primary sulfonamides is 1. The van der Waals surface area contributed by atoms with Gasteiger partial charge in [-0.05, 0) is 43.5 Å². The van der Waals surface area contributed by atoms with Gasteiger partial charge in [-0.1, -0.05) is 6.07 Å². The molecular formula is C25H27F2N3O6S2. The number of aryl methyl sites for hydroxylation is 1.